The van der Waals surface area contributed by atoms with Crippen molar-refractivity contribution < 1.29 is 28.4 Å². The van der Waals surface area contributed by atoms with Crippen LogP contribution in [0.2, 0.25) is 5.02 Å². The predicted molar refractivity (Wildman–Crippen MR) is 244 cm³/mol. The van der Waals surface area contributed by atoms with Crippen molar-refractivity contribution in [3.8, 4) is 5.75 Å². The molecular formula is C54H57ClO6. The molecule has 1 saturated heterocycles. The van der Waals surface area contributed by atoms with E-state index in [4.69, 9.17) is 40.0 Å². The van der Waals surface area contributed by atoms with Gasteiger partial charge in [0.1, 0.15) is 35.8 Å². The molecule has 6 aromatic carbocycles. The van der Waals surface area contributed by atoms with Gasteiger partial charge in [-0.3, -0.25) is 0 Å². The van der Waals surface area contributed by atoms with E-state index in [1.807, 2.05) is 85.8 Å². The highest BCUT2D eigenvalue weighted by atomic mass is 35.5. The first-order valence-corrected chi connectivity index (χ1v) is 21.6. The monoisotopic (exact) mass is 836 g/mol. The Labute approximate surface area is 367 Å². The number of benzene rings is 6. The fourth-order valence-electron chi connectivity index (χ4n) is 8.21. The van der Waals surface area contributed by atoms with Crippen LogP contribution in [0.4, 0.5) is 0 Å². The fraction of sp³-hybridized carbons (Fsp3) is 0.296. The van der Waals surface area contributed by atoms with Crippen molar-refractivity contribution in [2.75, 3.05) is 13.7 Å². The molecule has 0 aromatic heterocycles. The maximum Gasteiger partial charge on any atom is 0.130 e. The maximum absolute atomic E-state index is 7.67. The first-order chi connectivity index (χ1) is 29.8. The molecule has 6 nitrogen and oxygen atoms in total. The van der Waals surface area contributed by atoms with Crippen LogP contribution in [0.15, 0.2) is 170 Å². The number of rotatable bonds is 20. The quantitative estimate of drug-likeness (QED) is 0.0714. The molecule has 0 radical (unpaired) electrons. The molecule has 7 heteroatoms. The van der Waals surface area contributed by atoms with E-state index in [0.29, 0.717) is 50.0 Å². The van der Waals surface area contributed by atoms with E-state index in [1.165, 1.54) is 5.56 Å². The van der Waals surface area contributed by atoms with Gasteiger partial charge in [0, 0.05) is 17.0 Å². The summed E-state index contributed by atoms with van der Waals surface area (Å²) < 4.78 is 42.0. The van der Waals surface area contributed by atoms with Crippen molar-refractivity contribution in [1.82, 2.24) is 0 Å². The third kappa shape index (κ3) is 11.5. The van der Waals surface area contributed by atoms with Crippen LogP contribution in [0, 0.1) is 0 Å². The summed E-state index contributed by atoms with van der Waals surface area (Å²) in [6.45, 7) is 10.2. The minimum atomic E-state index is -1.20. The topological polar surface area (TPSA) is 55.4 Å². The van der Waals surface area contributed by atoms with Gasteiger partial charge in [-0.2, -0.15) is 0 Å². The van der Waals surface area contributed by atoms with Crippen LogP contribution in [-0.2, 0) is 68.6 Å². The Hall–Kier alpha value is -5.05. The Morgan fingerprint density at radius 2 is 1.11 bits per heavy atom. The Bertz CT molecular complexity index is 2250. The van der Waals surface area contributed by atoms with Crippen LogP contribution in [-0.4, -0.2) is 38.1 Å². The van der Waals surface area contributed by atoms with Gasteiger partial charge in [-0.15, -0.1) is 6.58 Å². The predicted octanol–water partition coefficient (Wildman–Crippen LogP) is 12.0. The summed E-state index contributed by atoms with van der Waals surface area (Å²) in [7, 11) is 1.67. The lowest BCUT2D eigenvalue weighted by atomic mass is 9.75. The summed E-state index contributed by atoms with van der Waals surface area (Å²) in [5, 5.41) is 0.604. The van der Waals surface area contributed by atoms with E-state index < -0.39 is 30.0 Å². The fourth-order valence-corrected chi connectivity index (χ4v) is 8.43. The number of aryl methyl sites for hydroxylation is 1. The second kappa shape index (κ2) is 21.7. The summed E-state index contributed by atoms with van der Waals surface area (Å²) in [6, 6.07) is 53.5. The van der Waals surface area contributed by atoms with Gasteiger partial charge in [0.2, 0.25) is 0 Å². The number of hydrogen-bond donors (Lipinski definition) is 0. The van der Waals surface area contributed by atoms with E-state index in [-0.39, 0.29) is 6.61 Å². The molecule has 0 aliphatic carbocycles. The molecule has 1 heterocycles. The Balaban J connectivity index is 1.39. The largest absolute Gasteiger partial charge is 0.496 e. The lowest BCUT2D eigenvalue weighted by Gasteiger charge is -2.53. The first kappa shape index (κ1) is 44.0. The summed E-state index contributed by atoms with van der Waals surface area (Å²) in [6.07, 6.45) is -0.649. The average Bonchev–Trinajstić information content (AvgIpc) is 3.29. The molecule has 0 bridgehead atoms. The summed E-state index contributed by atoms with van der Waals surface area (Å²) >= 11 is 7.15. The lowest BCUT2D eigenvalue weighted by Crippen LogP contribution is -2.65. The Morgan fingerprint density at radius 3 is 1.62 bits per heavy atom. The van der Waals surface area contributed by atoms with Crippen molar-refractivity contribution in [2.45, 2.75) is 89.6 Å². The molecule has 7 rings (SSSR count). The van der Waals surface area contributed by atoms with E-state index in [1.54, 1.807) is 7.11 Å². The maximum atomic E-state index is 7.67. The zero-order valence-electron chi connectivity index (χ0n) is 35.5. The molecule has 0 unspecified atom stereocenters. The van der Waals surface area contributed by atoms with Gasteiger partial charge < -0.3 is 28.4 Å². The van der Waals surface area contributed by atoms with Crippen molar-refractivity contribution >= 4 is 11.6 Å². The highest BCUT2D eigenvalue weighted by Gasteiger charge is 2.58. The molecular weight excluding hydrogens is 780 g/mol. The van der Waals surface area contributed by atoms with Crippen LogP contribution in [0.3, 0.4) is 0 Å². The molecule has 6 aromatic rings. The van der Waals surface area contributed by atoms with E-state index in [0.717, 1.165) is 50.9 Å². The van der Waals surface area contributed by atoms with Crippen molar-refractivity contribution in [1.29, 1.82) is 0 Å². The standard InChI is InChI=1S/C54H57ClO6/c1-5-40-26-28-41(29-27-40)30-46-31-47(49(56-4)32-48(46)55)54(33-39(2)3)53(60-37-45-24-16-9-17-25-45)52(59-36-44-22-14-8-15-23-44)51(58-35-43-20-12-7-13-21-43)50(61-54)38-57-34-42-18-10-6-11-19-42/h6-29,31-32,50-53H,2,5,30,33-38H2,1,3-4H3/t50-,51-,52+,53-,54+/m1/s1. The molecule has 1 aliphatic heterocycles. The SMILES string of the molecule is C=C(C)C[C@@]1(c2cc(Cc3ccc(CC)cc3)c(Cl)cc2OC)O[C@H](COCc2ccccc2)[C@@H](OCc2ccccc2)[C@H](OCc2ccccc2)[C@H]1OCc1ccccc1. The van der Waals surface area contributed by atoms with Crippen LogP contribution < -0.4 is 4.74 Å². The Morgan fingerprint density at radius 1 is 0.623 bits per heavy atom. The van der Waals surface area contributed by atoms with Gasteiger partial charge in [0.25, 0.3) is 0 Å². The highest BCUT2D eigenvalue weighted by molar-refractivity contribution is 6.31. The molecule has 1 fully saturated rings. The number of ether oxygens (including phenoxy) is 6. The molecule has 0 amide bonds. The zero-order chi connectivity index (χ0) is 42.4. The molecule has 1 aliphatic rings. The summed E-state index contributed by atoms with van der Waals surface area (Å²) in [5.41, 5.74) is 8.00. The minimum absolute atomic E-state index is 0.218. The number of halogens is 1. The minimum Gasteiger partial charge on any atom is -0.496 e. The average molecular weight is 837 g/mol. The van der Waals surface area contributed by atoms with Gasteiger partial charge in [-0.1, -0.05) is 170 Å². The summed E-state index contributed by atoms with van der Waals surface area (Å²) in [5.74, 6) is 0.582. The first-order valence-electron chi connectivity index (χ1n) is 21.2. The van der Waals surface area contributed by atoms with Crippen molar-refractivity contribution in [3.63, 3.8) is 0 Å². The molecule has 5 atom stereocenters. The van der Waals surface area contributed by atoms with Crippen molar-refractivity contribution in [2.24, 2.45) is 0 Å². The second-order valence-corrected chi connectivity index (χ2v) is 16.3. The highest BCUT2D eigenvalue weighted by Crippen LogP contribution is 2.50. The van der Waals surface area contributed by atoms with Gasteiger partial charge >= 0.3 is 0 Å². The summed E-state index contributed by atoms with van der Waals surface area (Å²) in [4.78, 5) is 0. The van der Waals surface area contributed by atoms with Crippen LogP contribution in [0.1, 0.15) is 64.8 Å². The van der Waals surface area contributed by atoms with Gasteiger partial charge in [-0.05, 0) is 70.8 Å². The second-order valence-electron chi connectivity index (χ2n) is 15.9. The normalized spacial score (nSPS) is 20.0. The third-order valence-corrected chi connectivity index (χ3v) is 11.6. The molecule has 0 N–H and O–H groups in total. The van der Waals surface area contributed by atoms with Gasteiger partial charge in [-0.25, -0.2) is 0 Å². The zero-order valence-corrected chi connectivity index (χ0v) is 36.3. The lowest BCUT2D eigenvalue weighted by molar-refractivity contribution is -0.313. The van der Waals surface area contributed by atoms with Gasteiger partial charge in [0.15, 0.2) is 0 Å². The smallest absolute Gasteiger partial charge is 0.130 e. The van der Waals surface area contributed by atoms with Crippen LogP contribution in [0.5, 0.6) is 5.75 Å². The van der Waals surface area contributed by atoms with E-state index in [9.17, 15) is 0 Å². The third-order valence-electron chi connectivity index (χ3n) is 11.3. The number of hydrogen-bond acceptors (Lipinski definition) is 6. The van der Waals surface area contributed by atoms with Gasteiger partial charge in [0.05, 0.1) is 40.1 Å². The van der Waals surface area contributed by atoms with Crippen LogP contribution >= 0.6 is 11.6 Å². The van der Waals surface area contributed by atoms with Crippen molar-refractivity contribution in [3.05, 3.63) is 219 Å². The Kier molecular flexibility index (Phi) is 15.6. The molecule has 61 heavy (non-hydrogen) atoms. The van der Waals surface area contributed by atoms with E-state index in [2.05, 4.69) is 92.4 Å². The number of methoxy groups -OCH3 is 1. The van der Waals surface area contributed by atoms with Crippen LogP contribution in [0.25, 0.3) is 0 Å². The molecule has 0 saturated carbocycles. The van der Waals surface area contributed by atoms with E-state index >= 15 is 0 Å². The molecule has 0 spiro atoms. The molecule has 316 valence electrons.